The van der Waals surface area contributed by atoms with Gasteiger partial charge in [-0.25, -0.2) is 0 Å². The van der Waals surface area contributed by atoms with Crippen molar-refractivity contribution < 1.29 is 4.79 Å². The lowest BCUT2D eigenvalue weighted by molar-refractivity contribution is -0.122. The summed E-state index contributed by atoms with van der Waals surface area (Å²) in [7, 11) is 2.13. The zero-order valence-corrected chi connectivity index (χ0v) is 10.9. The molecule has 0 aliphatic carbocycles. The van der Waals surface area contributed by atoms with E-state index in [1.54, 1.807) is 6.21 Å². The van der Waals surface area contributed by atoms with Gasteiger partial charge >= 0.3 is 0 Å². The summed E-state index contributed by atoms with van der Waals surface area (Å²) in [5.74, 6) is 0.713. The lowest BCUT2D eigenvalue weighted by atomic mass is 9.93. The molecule has 1 atom stereocenters. The predicted octanol–water partition coefficient (Wildman–Crippen LogP) is 1.04. The Bertz CT molecular complexity index is 321. The maximum Gasteiger partial charge on any atom is 0.220 e. The highest BCUT2D eigenvalue weighted by Crippen LogP contribution is 2.19. The Labute approximate surface area is 108 Å². The van der Waals surface area contributed by atoms with Gasteiger partial charge in [0.05, 0.1) is 6.21 Å². The van der Waals surface area contributed by atoms with Crippen molar-refractivity contribution in [1.29, 1.82) is 0 Å². The highest BCUT2D eigenvalue weighted by atomic mass is 16.1. The minimum Gasteiger partial charge on any atom is -0.356 e. The van der Waals surface area contributed by atoms with Gasteiger partial charge in [0.25, 0.3) is 0 Å². The molecule has 0 radical (unpaired) electrons. The Kier molecular flexibility index (Phi) is 4.81. The molecule has 2 rings (SSSR count). The molecule has 0 aromatic carbocycles. The quantitative estimate of drug-likeness (QED) is 0.793. The highest BCUT2D eigenvalue weighted by molar-refractivity contribution is 5.76. The van der Waals surface area contributed by atoms with Crippen molar-refractivity contribution in [1.82, 2.24) is 10.2 Å². The molecule has 2 aliphatic heterocycles. The molecule has 0 bridgehead atoms. The van der Waals surface area contributed by atoms with E-state index in [2.05, 4.69) is 32.7 Å². The fourth-order valence-corrected chi connectivity index (χ4v) is 2.33. The molecule has 1 amide bonds. The maximum absolute atomic E-state index is 11.8. The van der Waals surface area contributed by atoms with E-state index < -0.39 is 0 Å². The van der Waals surface area contributed by atoms with E-state index in [0.29, 0.717) is 18.9 Å². The second kappa shape index (κ2) is 6.58. The summed E-state index contributed by atoms with van der Waals surface area (Å²) in [4.78, 5) is 14.1. The van der Waals surface area contributed by atoms with Gasteiger partial charge in [-0.3, -0.25) is 4.79 Å². The number of hydrogen-bond donors (Lipinski definition) is 1. The monoisotopic (exact) mass is 251 g/mol. The zero-order valence-electron chi connectivity index (χ0n) is 10.9. The summed E-state index contributed by atoms with van der Waals surface area (Å²) < 4.78 is 0. The third-order valence-corrected chi connectivity index (χ3v) is 3.56. The fraction of sp³-hybridized carbons (Fsp3) is 0.833. The van der Waals surface area contributed by atoms with Crippen molar-refractivity contribution in [3.8, 4) is 0 Å². The summed E-state index contributed by atoms with van der Waals surface area (Å²) in [6.45, 7) is 2.87. The normalized spacial score (nSPS) is 24.6. The van der Waals surface area contributed by atoms with Crippen molar-refractivity contribution in [2.24, 2.45) is 21.4 Å². The SMILES string of the molecule is CN1CCC(CC(=O)NCCC2C=NN=N2)CC1. The number of nitrogens with one attached hydrogen (secondary N) is 1. The first kappa shape index (κ1) is 13.1. The second-order valence-electron chi connectivity index (χ2n) is 5.13. The first-order chi connectivity index (χ1) is 8.74. The average Bonchev–Trinajstić information content (AvgIpc) is 2.85. The van der Waals surface area contributed by atoms with E-state index in [4.69, 9.17) is 0 Å². The first-order valence-corrected chi connectivity index (χ1v) is 6.62. The average molecular weight is 251 g/mol. The van der Waals surface area contributed by atoms with Crippen LogP contribution in [0.1, 0.15) is 25.7 Å². The molecule has 1 saturated heterocycles. The van der Waals surface area contributed by atoms with Gasteiger partial charge in [0.15, 0.2) is 0 Å². The predicted molar refractivity (Wildman–Crippen MR) is 69.6 cm³/mol. The van der Waals surface area contributed by atoms with Gasteiger partial charge in [0, 0.05) is 13.0 Å². The van der Waals surface area contributed by atoms with Crippen LogP contribution < -0.4 is 5.32 Å². The molecule has 1 fully saturated rings. The van der Waals surface area contributed by atoms with Gasteiger partial charge in [-0.1, -0.05) is 0 Å². The van der Waals surface area contributed by atoms with Crippen LogP contribution in [0, 0.1) is 5.92 Å². The van der Waals surface area contributed by atoms with Crippen molar-refractivity contribution in [2.45, 2.75) is 31.7 Å². The van der Waals surface area contributed by atoms with Crippen LogP contribution in [0.4, 0.5) is 0 Å². The van der Waals surface area contributed by atoms with E-state index in [0.717, 1.165) is 32.4 Å². The van der Waals surface area contributed by atoms with Crippen molar-refractivity contribution in [2.75, 3.05) is 26.7 Å². The number of nitrogens with zero attached hydrogens (tertiary/aromatic N) is 4. The summed E-state index contributed by atoms with van der Waals surface area (Å²) in [6.07, 6.45) is 5.42. The van der Waals surface area contributed by atoms with Crippen molar-refractivity contribution in [3.63, 3.8) is 0 Å². The van der Waals surface area contributed by atoms with Crippen molar-refractivity contribution in [3.05, 3.63) is 0 Å². The second-order valence-corrected chi connectivity index (χ2v) is 5.13. The summed E-state index contributed by atoms with van der Waals surface area (Å²) >= 11 is 0. The summed E-state index contributed by atoms with van der Waals surface area (Å²) in [5, 5.41) is 14.1. The number of likely N-dealkylation sites (tertiary alicyclic amines) is 1. The Morgan fingerprint density at radius 2 is 2.22 bits per heavy atom. The molecule has 0 aromatic heterocycles. The molecule has 1 N–H and O–H groups in total. The third-order valence-electron chi connectivity index (χ3n) is 3.56. The minimum atomic E-state index is 0.0497. The fourth-order valence-electron chi connectivity index (χ4n) is 2.33. The molecule has 0 spiro atoms. The smallest absolute Gasteiger partial charge is 0.220 e. The number of piperidine rings is 1. The number of amides is 1. The first-order valence-electron chi connectivity index (χ1n) is 6.62. The van der Waals surface area contributed by atoms with Gasteiger partial charge in [-0.15, -0.1) is 5.10 Å². The van der Waals surface area contributed by atoms with E-state index in [1.165, 1.54) is 0 Å². The van der Waals surface area contributed by atoms with Crippen molar-refractivity contribution >= 4 is 12.1 Å². The van der Waals surface area contributed by atoms with Gasteiger partial charge in [-0.05, 0) is 50.5 Å². The lowest BCUT2D eigenvalue weighted by Crippen LogP contribution is -2.34. The number of carbonyl (C=O) groups is 1. The van der Waals surface area contributed by atoms with Gasteiger partial charge in [0.2, 0.25) is 5.91 Å². The van der Waals surface area contributed by atoms with E-state index >= 15 is 0 Å². The standard InChI is InChI=1S/C12H21N5O/c1-17-6-3-10(4-7-17)8-12(18)13-5-2-11-9-14-16-15-11/h9-11H,2-8H2,1H3,(H,13,18). The molecule has 6 heteroatoms. The molecule has 1 unspecified atom stereocenters. The summed E-state index contributed by atoms with van der Waals surface area (Å²) in [5.41, 5.74) is 0. The Morgan fingerprint density at radius 1 is 1.44 bits per heavy atom. The van der Waals surface area contributed by atoms with Gasteiger partial charge in [0.1, 0.15) is 6.04 Å². The van der Waals surface area contributed by atoms with Crippen LogP contribution in [-0.2, 0) is 4.79 Å². The van der Waals surface area contributed by atoms with Crippen LogP contribution in [0.25, 0.3) is 0 Å². The maximum atomic E-state index is 11.8. The molecule has 100 valence electrons. The minimum absolute atomic E-state index is 0.0497. The van der Waals surface area contributed by atoms with Crippen LogP contribution in [0.15, 0.2) is 15.4 Å². The van der Waals surface area contributed by atoms with E-state index in [9.17, 15) is 4.79 Å². The number of rotatable bonds is 5. The van der Waals surface area contributed by atoms with Crippen LogP contribution in [0.2, 0.25) is 0 Å². The largest absolute Gasteiger partial charge is 0.356 e. The van der Waals surface area contributed by atoms with Gasteiger partial charge in [-0.2, -0.15) is 5.11 Å². The zero-order chi connectivity index (χ0) is 12.8. The molecule has 6 nitrogen and oxygen atoms in total. The molecule has 2 aliphatic rings. The molecule has 0 aromatic rings. The topological polar surface area (TPSA) is 69.4 Å². The summed E-state index contributed by atoms with van der Waals surface area (Å²) in [6, 6.07) is 0.0497. The van der Waals surface area contributed by atoms with Crippen LogP contribution in [0.3, 0.4) is 0 Å². The van der Waals surface area contributed by atoms with E-state index in [1.807, 2.05) is 0 Å². The van der Waals surface area contributed by atoms with Gasteiger partial charge < -0.3 is 10.2 Å². The Hall–Kier alpha value is -1.30. The van der Waals surface area contributed by atoms with E-state index in [-0.39, 0.29) is 11.9 Å². The Balaban J connectivity index is 1.57. The number of hydrogen-bond acceptors (Lipinski definition) is 5. The molecule has 0 saturated carbocycles. The Morgan fingerprint density at radius 3 is 2.89 bits per heavy atom. The lowest BCUT2D eigenvalue weighted by Gasteiger charge is -2.28. The molecular weight excluding hydrogens is 230 g/mol. The molecule has 2 heterocycles. The van der Waals surface area contributed by atoms with Crippen LogP contribution >= 0.6 is 0 Å². The molecule has 18 heavy (non-hydrogen) atoms. The van der Waals surface area contributed by atoms with Crippen LogP contribution in [-0.4, -0.2) is 49.7 Å². The third kappa shape index (κ3) is 4.18. The highest BCUT2D eigenvalue weighted by Gasteiger charge is 2.19. The van der Waals surface area contributed by atoms with Crippen LogP contribution in [0.5, 0.6) is 0 Å². The number of carbonyl (C=O) groups excluding carboxylic acids is 1. The molecular formula is C12H21N5O.